The number of amides is 2. The summed E-state index contributed by atoms with van der Waals surface area (Å²) in [6, 6.07) is 21.5. The highest BCUT2D eigenvalue weighted by molar-refractivity contribution is 5.89. The van der Waals surface area contributed by atoms with E-state index in [2.05, 4.69) is 5.32 Å². The highest BCUT2D eigenvalue weighted by Crippen LogP contribution is 2.21. The van der Waals surface area contributed by atoms with Gasteiger partial charge in [-0.3, -0.25) is 9.59 Å². The number of nitrogens with one attached hydrogen (secondary N) is 1. The molecule has 1 aliphatic carbocycles. The number of carbonyl (C=O) groups is 2. The van der Waals surface area contributed by atoms with Crippen molar-refractivity contribution in [2.45, 2.75) is 71.0 Å². The lowest BCUT2D eigenvalue weighted by atomic mass is 10.00. The van der Waals surface area contributed by atoms with Crippen molar-refractivity contribution < 1.29 is 14.0 Å². The Morgan fingerprint density at radius 2 is 1.61 bits per heavy atom. The third-order valence-corrected chi connectivity index (χ3v) is 7.20. The second kappa shape index (κ2) is 12.0. The summed E-state index contributed by atoms with van der Waals surface area (Å²) in [4.78, 5) is 29.1. The van der Waals surface area contributed by atoms with Gasteiger partial charge >= 0.3 is 0 Å². The predicted octanol–water partition coefficient (Wildman–Crippen LogP) is 5.68. The van der Waals surface area contributed by atoms with Crippen LogP contribution in [0.3, 0.4) is 0 Å². The smallest absolute Gasteiger partial charge is 0.243 e. The van der Waals surface area contributed by atoms with Crippen molar-refractivity contribution in [1.82, 2.24) is 10.2 Å². The summed E-state index contributed by atoms with van der Waals surface area (Å²) in [5.41, 5.74) is 4.52. The van der Waals surface area contributed by atoms with Crippen molar-refractivity contribution in [2.24, 2.45) is 0 Å². The maximum atomic E-state index is 14.7. The molecule has 3 aromatic carbocycles. The van der Waals surface area contributed by atoms with Crippen molar-refractivity contribution >= 4 is 11.8 Å². The Hall–Kier alpha value is -3.47. The summed E-state index contributed by atoms with van der Waals surface area (Å²) in [6.45, 7) is 4.09. The fraction of sp³-hybridized carbons (Fsp3) is 0.355. The van der Waals surface area contributed by atoms with Gasteiger partial charge in [-0.05, 0) is 55.0 Å². The zero-order valence-electron chi connectivity index (χ0n) is 21.2. The van der Waals surface area contributed by atoms with Gasteiger partial charge in [0.05, 0.1) is 6.42 Å². The molecule has 0 saturated heterocycles. The number of halogens is 1. The summed E-state index contributed by atoms with van der Waals surface area (Å²) in [6.07, 6.45) is 4.61. The van der Waals surface area contributed by atoms with E-state index in [1.807, 2.05) is 62.4 Å². The molecule has 0 radical (unpaired) electrons. The fourth-order valence-electron chi connectivity index (χ4n) is 4.92. The second-order valence-electron chi connectivity index (χ2n) is 9.90. The van der Waals surface area contributed by atoms with Crippen molar-refractivity contribution in [1.29, 1.82) is 0 Å². The topological polar surface area (TPSA) is 49.4 Å². The summed E-state index contributed by atoms with van der Waals surface area (Å²) in [7, 11) is 0. The van der Waals surface area contributed by atoms with Crippen LogP contribution < -0.4 is 5.32 Å². The van der Waals surface area contributed by atoms with Crippen molar-refractivity contribution in [3.8, 4) is 0 Å². The molecule has 36 heavy (non-hydrogen) atoms. The average Bonchev–Trinajstić information content (AvgIpc) is 3.38. The third kappa shape index (κ3) is 6.60. The number of rotatable bonds is 9. The Kier molecular flexibility index (Phi) is 8.52. The van der Waals surface area contributed by atoms with E-state index in [0.29, 0.717) is 12.0 Å². The predicted molar refractivity (Wildman–Crippen MR) is 141 cm³/mol. The molecule has 188 valence electrons. The number of aryl methyl sites for hydroxylation is 2. The van der Waals surface area contributed by atoms with E-state index in [4.69, 9.17) is 0 Å². The third-order valence-electron chi connectivity index (χ3n) is 7.20. The van der Waals surface area contributed by atoms with Crippen LogP contribution in [0, 0.1) is 19.7 Å². The molecule has 4 nitrogen and oxygen atoms in total. The minimum Gasteiger partial charge on any atom is -0.352 e. The lowest BCUT2D eigenvalue weighted by Crippen LogP contribution is -2.52. The van der Waals surface area contributed by atoms with E-state index in [1.54, 1.807) is 23.1 Å². The van der Waals surface area contributed by atoms with Crippen molar-refractivity contribution in [3.05, 3.63) is 106 Å². The van der Waals surface area contributed by atoms with Gasteiger partial charge in [0.2, 0.25) is 11.8 Å². The van der Waals surface area contributed by atoms with Crippen LogP contribution in [0.25, 0.3) is 0 Å². The first-order valence-electron chi connectivity index (χ1n) is 12.8. The summed E-state index contributed by atoms with van der Waals surface area (Å²) >= 11 is 0. The Bertz CT molecular complexity index is 1190. The number of nitrogens with zero attached hydrogens (tertiary/aromatic N) is 1. The molecule has 0 aromatic heterocycles. The molecule has 3 aromatic rings. The minimum absolute atomic E-state index is 0.0337. The zero-order valence-corrected chi connectivity index (χ0v) is 21.2. The molecular formula is C31H35FN2O2. The van der Waals surface area contributed by atoms with Gasteiger partial charge in [0.15, 0.2) is 0 Å². The van der Waals surface area contributed by atoms with Gasteiger partial charge in [-0.1, -0.05) is 79.6 Å². The maximum absolute atomic E-state index is 14.7. The van der Waals surface area contributed by atoms with E-state index >= 15 is 0 Å². The molecule has 1 atom stereocenters. The summed E-state index contributed by atoms with van der Waals surface area (Å²) in [5, 5.41) is 3.19. The SMILES string of the molecule is Cc1ccc(CC(=O)N(Cc2ccccc2F)[C@H](Cc2ccccc2)C(=O)NC2CCCC2)cc1C. The molecule has 1 aliphatic rings. The van der Waals surface area contributed by atoms with Crippen LogP contribution >= 0.6 is 0 Å². The van der Waals surface area contributed by atoms with Crippen LogP contribution in [0.1, 0.15) is 53.5 Å². The largest absolute Gasteiger partial charge is 0.352 e. The molecule has 1 N–H and O–H groups in total. The van der Waals surface area contributed by atoms with Crippen LogP contribution in [-0.4, -0.2) is 28.8 Å². The van der Waals surface area contributed by atoms with E-state index in [-0.39, 0.29) is 36.6 Å². The molecule has 0 unspecified atom stereocenters. The quantitative estimate of drug-likeness (QED) is 0.423. The molecule has 4 rings (SSSR count). The van der Waals surface area contributed by atoms with E-state index in [1.165, 1.54) is 6.07 Å². The summed E-state index contributed by atoms with van der Waals surface area (Å²) in [5.74, 6) is -0.740. The van der Waals surface area contributed by atoms with Crippen LogP contribution in [0.5, 0.6) is 0 Å². The lowest BCUT2D eigenvalue weighted by molar-refractivity contribution is -0.141. The Balaban J connectivity index is 1.67. The standard InChI is InChI=1S/C31H35FN2O2/c1-22-16-17-25(18-23(22)2)20-30(35)34(21-26-12-6-9-15-28(26)32)29(19-24-10-4-3-5-11-24)31(36)33-27-13-7-8-14-27/h3-6,9-12,15-18,27,29H,7-8,13-14,19-21H2,1-2H3,(H,33,36)/t29-/m1/s1. The molecule has 1 fully saturated rings. The fourth-order valence-corrected chi connectivity index (χ4v) is 4.92. The highest BCUT2D eigenvalue weighted by atomic mass is 19.1. The van der Waals surface area contributed by atoms with Crippen LogP contribution in [0.2, 0.25) is 0 Å². The van der Waals surface area contributed by atoms with E-state index < -0.39 is 6.04 Å². The summed E-state index contributed by atoms with van der Waals surface area (Å²) < 4.78 is 14.7. The molecule has 0 heterocycles. The molecule has 0 aliphatic heterocycles. The first-order valence-corrected chi connectivity index (χ1v) is 12.8. The normalized spacial score (nSPS) is 14.4. The number of hydrogen-bond acceptors (Lipinski definition) is 2. The lowest BCUT2D eigenvalue weighted by Gasteiger charge is -2.32. The minimum atomic E-state index is -0.744. The Morgan fingerprint density at radius 3 is 2.31 bits per heavy atom. The van der Waals surface area contributed by atoms with Crippen LogP contribution in [-0.2, 0) is 29.0 Å². The first kappa shape index (κ1) is 25.6. The van der Waals surface area contributed by atoms with Gasteiger partial charge in [0.25, 0.3) is 0 Å². The van der Waals surface area contributed by atoms with Gasteiger partial charge in [-0.15, -0.1) is 0 Å². The van der Waals surface area contributed by atoms with E-state index in [9.17, 15) is 14.0 Å². The molecule has 1 saturated carbocycles. The Morgan fingerprint density at radius 1 is 0.917 bits per heavy atom. The molecule has 0 spiro atoms. The number of hydrogen-bond donors (Lipinski definition) is 1. The monoisotopic (exact) mass is 486 g/mol. The second-order valence-corrected chi connectivity index (χ2v) is 9.90. The van der Waals surface area contributed by atoms with E-state index in [0.717, 1.165) is 47.9 Å². The zero-order chi connectivity index (χ0) is 25.5. The molecular weight excluding hydrogens is 451 g/mol. The van der Waals surface area contributed by atoms with Crippen LogP contribution in [0.15, 0.2) is 72.8 Å². The first-order chi connectivity index (χ1) is 17.4. The van der Waals surface area contributed by atoms with Crippen molar-refractivity contribution in [3.63, 3.8) is 0 Å². The van der Waals surface area contributed by atoms with Gasteiger partial charge in [0, 0.05) is 24.6 Å². The molecule has 2 amide bonds. The van der Waals surface area contributed by atoms with Gasteiger partial charge < -0.3 is 10.2 Å². The van der Waals surface area contributed by atoms with Gasteiger partial charge in [-0.2, -0.15) is 0 Å². The average molecular weight is 487 g/mol. The molecule has 5 heteroatoms. The highest BCUT2D eigenvalue weighted by Gasteiger charge is 2.32. The number of carbonyl (C=O) groups excluding carboxylic acids is 2. The maximum Gasteiger partial charge on any atom is 0.243 e. The van der Waals surface area contributed by atoms with Gasteiger partial charge in [0.1, 0.15) is 11.9 Å². The van der Waals surface area contributed by atoms with Crippen molar-refractivity contribution in [2.75, 3.05) is 0 Å². The number of benzene rings is 3. The van der Waals surface area contributed by atoms with Gasteiger partial charge in [-0.25, -0.2) is 4.39 Å². The Labute approximate surface area is 213 Å². The molecule has 0 bridgehead atoms. The van der Waals surface area contributed by atoms with Crippen LogP contribution in [0.4, 0.5) is 4.39 Å².